The van der Waals surface area contributed by atoms with Crippen molar-refractivity contribution in [1.82, 2.24) is 4.90 Å². The molecule has 102 valence electrons. The summed E-state index contributed by atoms with van der Waals surface area (Å²) in [6.07, 6.45) is 1.21. The van der Waals surface area contributed by atoms with Gasteiger partial charge in [-0.1, -0.05) is 24.4 Å². The number of carbonyl (C=O) groups is 1. The van der Waals surface area contributed by atoms with E-state index in [1.807, 2.05) is 0 Å². The summed E-state index contributed by atoms with van der Waals surface area (Å²) in [4.78, 5) is 13.1. The molecule has 1 saturated heterocycles. The predicted octanol–water partition coefficient (Wildman–Crippen LogP) is 2.73. The molecule has 0 bridgehead atoms. The van der Waals surface area contributed by atoms with Gasteiger partial charge in [0.05, 0.1) is 11.4 Å². The number of aliphatic carboxylic acids is 1. The summed E-state index contributed by atoms with van der Waals surface area (Å²) in [5.41, 5.74) is 0.194. The first-order valence-electron chi connectivity index (χ1n) is 5.93. The van der Waals surface area contributed by atoms with Crippen molar-refractivity contribution in [2.45, 2.75) is 31.8 Å². The number of hydrogen-bond donors (Lipinski definition) is 1. The Morgan fingerprint density at radius 2 is 2.21 bits per heavy atom. The van der Waals surface area contributed by atoms with E-state index in [1.54, 1.807) is 4.90 Å². The summed E-state index contributed by atoms with van der Waals surface area (Å²) < 4.78 is 26.7. The highest BCUT2D eigenvalue weighted by atomic mass is 32.1. The standard InChI is InChI=1S/C13H13F2NO2S/c14-10-3-1-2-8(13(10)15)7-16-9(6-12(17)18)4-5-11(16)19/h1-3,9H,4-7H2,(H,17,18)/t9-/m0/s1. The zero-order valence-electron chi connectivity index (χ0n) is 10.1. The Morgan fingerprint density at radius 1 is 1.47 bits per heavy atom. The molecule has 0 spiro atoms. The van der Waals surface area contributed by atoms with Crippen molar-refractivity contribution >= 4 is 23.2 Å². The first-order chi connectivity index (χ1) is 8.99. The van der Waals surface area contributed by atoms with Crippen LogP contribution in [0.5, 0.6) is 0 Å². The first kappa shape index (κ1) is 13.9. The molecule has 1 N–H and O–H groups in total. The Morgan fingerprint density at radius 3 is 2.89 bits per heavy atom. The quantitative estimate of drug-likeness (QED) is 0.864. The summed E-state index contributed by atoms with van der Waals surface area (Å²) in [5.74, 6) is -2.72. The molecule has 19 heavy (non-hydrogen) atoms. The molecule has 6 heteroatoms. The van der Waals surface area contributed by atoms with Gasteiger partial charge in [-0.2, -0.15) is 0 Å². The highest BCUT2D eigenvalue weighted by molar-refractivity contribution is 7.80. The molecule has 1 fully saturated rings. The van der Waals surface area contributed by atoms with Crippen LogP contribution in [0.1, 0.15) is 24.8 Å². The van der Waals surface area contributed by atoms with E-state index in [1.165, 1.54) is 12.1 Å². The fourth-order valence-electron chi connectivity index (χ4n) is 2.28. The lowest BCUT2D eigenvalue weighted by molar-refractivity contribution is -0.138. The van der Waals surface area contributed by atoms with Crippen LogP contribution in [0.4, 0.5) is 8.78 Å². The van der Waals surface area contributed by atoms with Crippen LogP contribution in [0.2, 0.25) is 0 Å². The molecule has 0 aliphatic carbocycles. The predicted molar refractivity (Wildman–Crippen MR) is 69.8 cm³/mol. The number of rotatable bonds is 4. The Balaban J connectivity index is 2.17. The summed E-state index contributed by atoms with van der Waals surface area (Å²) >= 11 is 5.16. The monoisotopic (exact) mass is 285 g/mol. The molecule has 0 unspecified atom stereocenters. The van der Waals surface area contributed by atoms with E-state index < -0.39 is 17.6 Å². The van der Waals surface area contributed by atoms with Crippen LogP contribution in [0, 0.1) is 11.6 Å². The van der Waals surface area contributed by atoms with Crippen molar-refractivity contribution in [3.8, 4) is 0 Å². The molecule has 0 saturated carbocycles. The lowest BCUT2D eigenvalue weighted by Crippen LogP contribution is -2.33. The number of carboxylic acid groups (broad SMARTS) is 1. The minimum absolute atomic E-state index is 0.0446. The van der Waals surface area contributed by atoms with Crippen LogP contribution < -0.4 is 0 Å². The lowest BCUT2D eigenvalue weighted by Gasteiger charge is -2.25. The molecule has 1 atom stereocenters. The normalized spacial score (nSPS) is 18.9. The maximum absolute atomic E-state index is 13.6. The second-order valence-electron chi connectivity index (χ2n) is 4.52. The third-order valence-electron chi connectivity index (χ3n) is 3.24. The van der Waals surface area contributed by atoms with E-state index in [4.69, 9.17) is 17.3 Å². The number of thiocarbonyl (C=S) groups is 1. The maximum atomic E-state index is 13.6. The highest BCUT2D eigenvalue weighted by Crippen LogP contribution is 2.26. The number of carboxylic acids is 1. The van der Waals surface area contributed by atoms with Crippen molar-refractivity contribution in [2.24, 2.45) is 0 Å². The van der Waals surface area contributed by atoms with E-state index in [0.29, 0.717) is 17.8 Å². The van der Waals surface area contributed by atoms with E-state index in [2.05, 4.69) is 0 Å². The fraction of sp³-hybridized carbons (Fsp3) is 0.385. The minimum atomic E-state index is -0.917. The summed E-state index contributed by atoms with van der Waals surface area (Å²) in [7, 11) is 0. The number of likely N-dealkylation sites (tertiary alicyclic amines) is 1. The molecule has 0 aromatic heterocycles. The third kappa shape index (κ3) is 3.07. The Labute approximate surface area is 114 Å². The molecular weight excluding hydrogens is 272 g/mol. The smallest absolute Gasteiger partial charge is 0.305 e. The number of benzene rings is 1. The van der Waals surface area contributed by atoms with Gasteiger partial charge in [0.25, 0.3) is 0 Å². The zero-order chi connectivity index (χ0) is 14.0. The van der Waals surface area contributed by atoms with Gasteiger partial charge in [0, 0.05) is 18.2 Å². The topological polar surface area (TPSA) is 40.5 Å². The second kappa shape index (κ2) is 5.61. The molecule has 1 aliphatic heterocycles. The van der Waals surface area contributed by atoms with Gasteiger partial charge in [-0.15, -0.1) is 0 Å². The van der Waals surface area contributed by atoms with Gasteiger partial charge in [0.2, 0.25) is 0 Å². The van der Waals surface area contributed by atoms with Crippen molar-refractivity contribution < 1.29 is 18.7 Å². The van der Waals surface area contributed by atoms with Crippen LogP contribution in [0.15, 0.2) is 18.2 Å². The molecule has 1 heterocycles. The van der Waals surface area contributed by atoms with Gasteiger partial charge in [-0.3, -0.25) is 4.79 Å². The molecule has 1 aromatic carbocycles. The largest absolute Gasteiger partial charge is 0.481 e. The molecule has 0 radical (unpaired) electrons. The number of nitrogens with zero attached hydrogens (tertiary/aromatic N) is 1. The van der Waals surface area contributed by atoms with Crippen LogP contribution >= 0.6 is 12.2 Å². The third-order valence-corrected chi connectivity index (χ3v) is 3.67. The minimum Gasteiger partial charge on any atom is -0.481 e. The van der Waals surface area contributed by atoms with Gasteiger partial charge < -0.3 is 10.0 Å². The van der Waals surface area contributed by atoms with Crippen LogP contribution in [0.25, 0.3) is 0 Å². The van der Waals surface area contributed by atoms with Crippen LogP contribution in [-0.4, -0.2) is 27.0 Å². The summed E-state index contributed by atoms with van der Waals surface area (Å²) in [6, 6.07) is 3.72. The van der Waals surface area contributed by atoms with Crippen LogP contribution in [0.3, 0.4) is 0 Å². The molecule has 0 amide bonds. The van der Waals surface area contributed by atoms with E-state index in [0.717, 1.165) is 6.07 Å². The molecule has 1 aromatic rings. The molecular formula is C13H13F2NO2S. The Kier molecular flexibility index (Phi) is 4.09. The summed E-state index contributed by atoms with van der Waals surface area (Å²) in [6.45, 7) is 0.111. The van der Waals surface area contributed by atoms with Crippen molar-refractivity contribution in [3.63, 3.8) is 0 Å². The Bertz CT molecular complexity index is 521. The van der Waals surface area contributed by atoms with Gasteiger partial charge >= 0.3 is 5.97 Å². The average molecular weight is 285 g/mol. The SMILES string of the molecule is O=C(O)C[C@@H]1CCC(=S)N1Cc1cccc(F)c1F. The zero-order valence-corrected chi connectivity index (χ0v) is 10.9. The van der Waals surface area contributed by atoms with Crippen molar-refractivity contribution in [3.05, 3.63) is 35.4 Å². The van der Waals surface area contributed by atoms with Crippen molar-refractivity contribution in [2.75, 3.05) is 0 Å². The Hall–Kier alpha value is -1.56. The highest BCUT2D eigenvalue weighted by Gasteiger charge is 2.30. The van der Waals surface area contributed by atoms with Gasteiger partial charge in [0.1, 0.15) is 0 Å². The molecule has 2 rings (SSSR count). The van der Waals surface area contributed by atoms with E-state index >= 15 is 0 Å². The maximum Gasteiger partial charge on any atom is 0.305 e. The van der Waals surface area contributed by atoms with Gasteiger partial charge in [-0.05, 0) is 18.9 Å². The molecule has 1 aliphatic rings. The van der Waals surface area contributed by atoms with E-state index in [9.17, 15) is 13.6 Å². The fourth-order valence-corrected chi connectivity index (χ4v) is 2.61. The van der Waals surface area contributed by atoms with Gasteiger partial charge in [-0.25, -0.2) is 8.78 Å². The number of halogens is 2. The van der Waals surface area contributed by atoms with Gasteiger partial charge in [0.15, 0.2) is 11.6 Å². The summed E-state index contributed by atoms with van der Waals surface area (Å²) in [5, 5.41) is 8.84. The second-order valence-corrected chi connectivity index (χ2v) is 5.00. The van der Waals surface area contributed by atoms with Crippen molar-refractivity contribution in [1.29, 1.82) is 0 Å². The van der Waals surface area contributed by atoms with E-state index in [-0.39, 0.29) is 24.6 Å². The van der Waals surface area contributed by atoms with Crippen LogP contribution in [-0.2, 0) is 11.3 Å². The first-order valence-corrected chi connectivity index (χ1v) is 6.34. The number of hydrogen-bond acceptors (Lipinski definition) is 2. The molecule has 3 nitrogen and oxygen atoms in total. The lowest BCUT2D eigenvalue weighted by atomic mass is 10.1. The average Bonchev–Trinajstić information content (AvgIpc) is 2.67.